The number of methoxy groups -OCH3 is 3. The maximum Gasteiger partial charge on any atom is 0.229 e. The molecule has 0 bridgehead atoms. The van der Waals surface area contributed by atoms with Crippen LogP contribution in [0.5, 0.6) is 23.0 Å². The van der Waals surface area contributed by atoms with E-state index < -0.39 is 21.4 Å². The standard InChI is InChI=1S/C31H41ClN7O2P.C27H35ClN5O2P.C22H26ClN4O4P/c1-41-28-20-24(37-14-12-23(13-15-37)39-18-16-38(17-19-39)22-8-9-22)10-11-26(28)35-31-33-21-25(32)30(36-31)34-27-6-4-5-7-29(27)42(2,3)40;1-5-33-15-13-19(14-16-33)20-11-12-22(24(17-20)35-6-2)31-27-29-18-21(28)26(32-27)30-23-9-7-8-10-25(23)36(3,4)34;1-29-11-12-31-15-9-10-17(19(13-15)30-2)26-22-24-14-16(23)21(27-22)25-18-7-5-6-8-20(18)32(3,4)28/h4-7,10-11,20-23H,8-9,12-19H2,1-3H3,(H2,33,34,35,36);7-12,17-19H,5-6,13-16H2,1-4H3,(H2,29,30,31,32);5-10,13-14H,11-12H2,1-4H3,(H2,24,25,26,27). The number of piperazine rings is 1. The van der Waals surface area contributed by atoms with Crippen molar-refractivity contribution < 1.29 is 37.4 Å². The number of likely N-dealkylation sites (tertiary alicyclic amines) is 1. The molecule has 6 N–H and O–H groups in total. The van der Waals surface area contributed by atoms with Crippen LogP contribution < -0.4 is 71.7 Å². The molecule has 586 valence electrons. The number of benzene rings is 6. The third kappa shape index (κ3) is 22.5. The zero-order chi connectivity index (χ0) is 78.1. The van der Waals surface area contributed by atoms with Crippen molar-refractivity contribution in [3.05, 3.63) is 167 Å². The van der Waals surface area contributed by atoms with Crippen molar-refractivity contribution in [2.24, 2.45) is 0 Å². The van der Waals surface area contributed by atoms with Crippen LogP contribution in [0.1, 0.15) is 63.9 Å². The average Bonchev–Trinajstić information content (AvgIpc) is 0.972. The van der Waals surface area contributed by atoms with Gasteiger partial charge in [-0.1, -0.05) is 84.2 Å². The Labute approximate surface area is 662 Å². The van der Waals surface area contributed by atoms with E-state index in [9.17, 15) is 13.7 Å². The summed E-state index contributed by atoms with van der Waals surface area (Å²) in [5, 5.41) is 22.7. The van der Waals surface area contributed by atoms with Gasteiger partial charge < -0.3 is 79.1 Å². The van der Waals surface area contributed by atoms with Crippen LogP contribution in [0.3, 0.4) is 0 Å². The predicted octanol–water partition coefficient (Wildman–Crippen LogP) is 17.0. The molecule has 6 aromatic carbocycles. The van der Waals surface area contributed by atoms with E-state index in [1.807, 2.05) is 104 Å². The van der Waals surface area contributed by atoms with E-state index in [0.717, 1.165) is 96.1 Å². The summed E-state index contributed by atoms with van der Waals surface area (Å²) in [6, 6.07) is 41.9. The third-order valence-electron chi connectivity index (χ3n) is 19.7. The van der Waals surface area contributed by atoms with Gasteiger partial charge in [0.1, 0.15) is 66.1 Å². The minimum absolute atomic E-state index is 0.317. The Morgan fingerprint density at radius 1 is 0.436 bits per heavy atom. The summed E-state index contributed by atoms with van der Waals surface area (Å²) in [5.41, 5.74) is 6.80. The summed E-state index contributed by atoms with van der Waals surface area (Å²) in [4.78, 5) is 37.1. The van der Waals surface area contributed by atoms with Gasteiger partial charge in [0.05, 0.1) is 80.1 Å². The topological polar surface area (TPSA) is 260 Å². The van der Waals surface area contributed by atoms with Crippen molar-refractivity contribution in [2.75, 3.05) is 177 Å². The van der Waals surface area contributed by atoms with Crippen molar-refractivity contribution in [3.63, 3.8) is 0 Å². The summed E-state index contributed by atoms with van der Waals surface area (Å²) in [6.45, 7) is 26.5. The van der Waals surface area contributed by atoms with Gasteiger partial charge in [-0.2, -0.15) is 15.0 Å². The number of hydrogen-bond donors (Lipinski definition) is 6. The van der Waals surface area contributed by atoms with Crippen molar-refractivity contribution in [1.82, 2.24) is 44.6 Å². The van der Waals surface area contributed by atoms with E-state index in [4.69, 9.17) is 58.5 Å². The van der Waals surface area contributed by atoms with Crippen LogP contribution in [0.15, 0.2) is 146 Å². The molecule has 3 aliphatic heterocycles. The van der Waals surface area contributed by atoms with Crippen LogP contribution >= 0.6 is 56.2 Å². The van der Waals surface area contributed by atoms with Crippen molar-refractivity contribution in [3.8, 4) is 23.0 Å². The molecular formula is C80H102Cl3N16O8P3. The van der Waals surface area contributed by atoms with Crippen LogP contribution in [-0.2, 0) is 18.4 Å². The molecule has 6 heterocycles. The first kappa shape index (κ1) is 82.7. The molecule has 9 aromatic rings. The molecule has 30 heteroatoms. The Balaban J connectivity index is 0.000000165. The Bertz CT molecular complexity index is 4740. The summed E-state index contributed by atoms with van der Waals surface area (Å²) < 4.78 is 66.1. The van der Waals surface area contributed by atoms with Gasteiger partial charge in [0.2, 0.25) is 17.8 Å². The van der Waals surface area contributed by atoms with Crippen molar-refractivity contribution >= 4 is 147 Å². The molecule has 0 atom stereocenters. The molecule has 24 nitrogen and oxygen atoms in total. The minimum atomic E-state index is -2.51. The van der Waals surface area contributed by atoms with Gasteiger partial charge in [0.15, 0.2) is 17.5 Å². The number of nitrogens with zero attached hydrogens (tertiary/aromatic N) is 10. The molecule has 0 amide bonds. The molecule has 1 saturated carbocycles. The van der Waals surface area contributed by atoms with Crippen LogP contribution in [0, 0.1) is 0 Å². The number of nitrogens with one attached hydrogen (secondary N) is 6. The van der Waals surface area contributed by atoms with E-state index >= 15 is 0 Å². The highest BCUT2D eigenvalue weighted by atomic mass is 35.5. The quantitative estimate of drug-likeness (QED) is 0.0197. The third-order valence-corrected chi connectivity index (χ3v) is 25.1. The molecule has 0 radical (unpaired) electrons. The lowest BCUT2D eigenvalue weighted by Gasteiger charge is -2.43. The fourth-order valence-electron chi connectivity index (χ4n) is 13.7. The number of para-hydroxylation sites is 3. The van der Waals surface area contributed by atoms with Crippen LogP contribution in [0.4, 0.5) is 75.1 Å². The maximum absolute atomic E-state index is 12.8. The summed E-state index contributed by atoms with van der Waals surface area (Å²) >= 11 is 19.2. The number of aromatic nitrogens is 6. The SMILES string of the molecule is CCOc1cc(C2CCN(CC)CC2)ccc1Nc1ncc(Cl)c(Nc2ccccc2P(C)(C)=O)n1.COCCOc1ccc(Nc2ncc(Cl)c(Nc3ccccc3P(C)(C)=O)n2)c(OC)c1.COc1cc(N2CCC(N3CCN(C4CC4)CC3)CC2)ccc1Nc1ncc(Cl)c(Nc2ccccc2P(C)(C)=O)n1. The smallest absolute Gasteiger partial charge is 0.229 e. The van der Waals surface area contributed by atoms with Gasteiger partial charge in [-0.25, -0.2) is 15.0 Å². The summed E-state index contributed by atoms with van der Waals surface area (Å²) in [5.74, 6) is 5.61. The molecule has 4 fully saturated rings. The van der Waals surface area contributed by atoms with E-state index in [-0.39, 0.29) is 0 Å². The second-order valence-corrected chi connectivity index (χ2v) is 39.3. The Morgan fingerprint density at radius 2 is 0.855 bits per heavy atom. The predicted molar refractivity (Wildman–Crippen MR) is 454 cm³/mol. The van der Waals surface area contributed by atoms with Crippen LogP contribution in [0.25, 0.3) is 0 Å². The number of piperidine rings is 2. The molecule has 1 aliphatic carbocycles. The molecule has 0 unspecified atom stereocenters. The first-order valence-electron chi connectivity index (χ1n) is 37.2. The van der Waals surface area contributed by atoms with E-state index in [1.54, 1.807) is 79.8 Å². The number of hydrogen-bond acceptors (Lipinski definition) is 24. The van der Waals surface area contributed by atoms with E-state index in [1.165, 1.54) is 63.6 Å². The van der Waals surface area contributed by atoms with Gasteiger partial charge in [-0.05, 0) is 189 Å². The molecule has 3 aromatic heterocycles. The van der Waals surface area contributed by atoms with Crippen LogP contribution in [0.2, 0.25) is 15.1 Å². The fourth-order valence-corrected chi connectivity index (χ4v) is 17.6. The first-order chi connectivity index (χ1) is 52.9. The zero-order valence-electron chi connectivity index (χ0n) is 64.5. The number of halogens is 3. The lowest BCUT2D eigenvalue weighted by atomic mass is 9.89. The first-order valence-corrected chi connectivity index (χ1v) is 46.2. The monoisotopic (exact) mass is 1610 g/mol. The summed E-state index contributed by atoms with van der Waals surface area (Å²) in [7, 11) is -2.63. The highest BCUT2D eigenvalue weighted by molar-refractivity contribution is 7.71. The number of ether oxygens (including phenoxy) is 5. The highest BCUT2D eigenvalue weighted by Crippen LogP contribution is 2.44. The van der Waals surface area contributed by atoms with E-state index in [0.29, 0.717) is 116 Å². The van der Waals surface area contributed by atoms with Gasteiger partial charge >= 0.3 is 0 Å². The highest BCUT2D eigenvalue weighted by Gasteiger charge is 2.34. The Morgan fingerprint density at radius 3 is 1.27 bits per heavy atom. The zero-order valence-corrected chi connectivity index (χ0v) is 69.5. The molecule has 4 aliphatic rings. The lowest BCUT2D eigenvalue weighted by molar-refractivity contribution is 0.0809. The molecular weight excluding hydrogens is 1510 g/mol. The van der Waals surface area contributed by atoms with E-state index in [2.05, 4.69) is 113 Å². The van der Waals surface area contributed by atoms with Crippen molar-refractivity contribution in [2.45, 2.75) is 70.4 Å². The minimum Gasteiger partial charge on any atom is -0.494 e. The molecule has 3 saturated heterocycles. The molecule has 0 spiro atoms. The van der Waals surface area contributed by atoms with Crippen LogP contribution in [-0.4, -0.2) is 197 Å². The van der Waals surface area contributed by atoms with Gasteiger partial charge in [0.25, 0.3) is 0 Å². The van der Waals surface area contributed by atoms with Crippen molar-refractivity contribution in [1.29, 1.82) is 0 Å². The Kier molecular flexibility index (Phi) is 28.8. The number of rotatable bonds is 28. The maximum atomic E-state index is 12.8. The normalized spacial score (nSPS) is 15.5. The second-order valence-electron chi connectivity index (χ2n) is 28.5. The molecule has 13 rings (SSSR count). The second kappa shape index (κ2) is 38.3. The average molecular weight is 1620 g/mol. The lowest BCUT2D eigenvalue weighted by Crippen LogP contribution is -2.53. The van der Waals surface area contributed by atoms with Gasteiger partial charge in [0, 0.05) is 92.2 Å². The number of anilines is 13. The largest absolute Gasteiger partial charge is 0.494 e. The van der Waals surface area contributed by atoms with Gasteiger partial charge in [-0.15, -0.1) is 0 Å². The molecule has 110 heavy (non-hydrogen) atoms. The van der Waals surface area contributed by atoms with Gasteiger partial charge in [-0.3, -0.25) is 9.80 Å². The summed E-state index contributed by atoms with van der Waals surface area (Å²) in [6.07, 6.45) is 12.1. The fraction of sp³-hybridized carbons (Fsp3) is 0.400. The Hall–Kier alpha value is -8.24.